The van der Waals surface area contributed by atoms with Gasteiger partial charge in [-0.3, -0.25) is 4.99 Å². The maximum atomic E-state index is 4.61. The molecule has 1 nitrogen and oxygen atoms in total. The highest BCUT2D eigenvalue weighted by Crippen LogP contribution is 2.12. The number of aliphatic imine (C=N–C) groups is 1. The Morgan fingerprint density at radius 3 is 3.00 bits per heavy atom. The Morgan fingerprint density at radius 1 is 1.62 bits per heavy atom. The first-order valence-electron chi connectivity index (χ1n) is 5.19. The normalized spacial score (nSPS) is 22.8. The van der Waals surface area contributed by atoms with Gasteiger partial charge in [0.25, 0.3) is 0 Å². The molecule has 0 aromatic rings. The molecule has 0 bridgehead atoms. The van der Waals surface area contributed by atoms with Gasteiger partial charge in [0.05, 0.1) is 0 Å². The zero-order valence-electron chi connectivity index (χ0n) is 8.88. The van der Waals surface area contributed by atoms with E-state index in [2.05, 4.69) is 37.6 Å². The monoisotopic (exact) mass is 177 g/mol. The van der Waals surface area contributed by atoms with Crippen LogP contribution < -0.4 is 0 Å². The topological polar surface area (TPSA) is 12.4 Å². The highest BCUT2D eigenvalue weighted by Gasteiger charge is 2.07. The average Bonchev–Trinajstić information content (AvgIpc) is 2.03. The van der Waals surface area contributed by atoms with Gasteiger partial charge in [0.2, 0.25) is 0 Å². The number of hydrogen-bond donors (Lipinski definition) is 0. The van der Waals surface area contributed by atoms with E-state index in [9.17, 15) is 0 Å². The molecular formula is C12H19N. The Morgan fingerprint density at radius 2 is 2.38 bits per heavy atom. The number of allylic oxidation sites excluding steroid dienone is 1. The molecule has 0 aliphatic carbocycles. The Labute approximate surface area is 81.3 Å². The van der Waals surface area contributed by atoms with Gasteiger partial charge in [0, 0.05) is 18.3 Å². The molecule has 0 amide bonds. The largest absolute Gasteiger partial charge is 0.289 e. The van der Waals surface area contributed by atoms with Crippen LogP contribution in [0.3, 0.4) is 0 Å². The van der Waals surface area contributed by atoms with Crippen molar-refractivity contribution in [3.05, 3.63) is 17.9 Å². The quantitative estimate of drug-likeness (QED) is 0.574. The number of rotatable bonds is 2. The van der Waals surface area contributed by atoms with E-state index in [-0.39, 0.29) is 0 Å². The average molecular weight is 177 g/mol. The maximum Gasteiger partial charge on any atom is 0.0450 e. The summed E-state index contributed by atoms with van der Waals surface area (Å²) in [5.41, 5.74) is 4.39. The highest BCUT2D eigenvalue weighted by atomic mass is 14.7. The van der Waals surface area contributed by atoms with Crippen molar-refractivity contribution in [2.75, 3.05) is 6.54 Å². The lowest BCUT2D eigenvalue weighted by Crippen LogP contribution is -2.10. The molecule has 1 unspecified atom stereocenters. The molecule has 0 N–H and O–H groups in total. The Kier molecular flexibility index (Phi) is 3.98. The molecule has 0 spiro atoms. The second kappa shape index (κ2) is 5.04. The lowest BCUT2D eigenvalue weighted by Gasteiger charge is -2.12. The zero-order valence-corrected chi connectivity index (χ0v) is 8.88. The van der Waals surface area contributed by atoms with Crippen LogP contribution in [0, 0.1) is 11.8 Å². The summed E-state index contributed by atoms with van der Waals surface area (Å²) in [6.07, 6.45) is 6.51. The predicted molar refractivity (Wildman–Crippen MR) is 58.2 cm³/mol. The summed E-state index contributed by atoms with van der Waals surface area (Å²) in [6, 6.07) is 0. The van der Waals surface area contributed by atoms with Crippen LogP contribution in [0.5, 0.6) is 0 Å². The summed E-state index contributed by atoms with van der Waals surface area (Å²) in [5, 5.41) is 0. The SMILES string of the molecule is CCC1CC=C=CC(C(C)C)=NC1. The maximum absolute atomic E-state index is 4.61. The molecule has 0 aromatic heterocycles. The van der Waals surface area contributed by atoms with E-state index in [1.807, 2.05) is 6.08 Å². The second-order valence-corrected chi connectivity index (χ2v) is 3.95. The Bertz CT molecular complexity index is 242. The summed E-state index contributed by atoms with van der Waals surface area (Å²) < 4.78 is 0. The van der Waals surface area contributed by atoms with Crippen molar-refractivity contribution in [1.82, 2.24) is 0 Å². The van der Waals surface area contributed by atoms with Crippen LogP contribution in [-0.2, 0) is 0 Å². The van der Waals surface area contributed by atoms with Crippen molar-refractivity contribution in [1.29, 1.82) is 0 Å². The van der Waals surface area contributed by atoms with Crippen molar-refractivity contribution in [2.24, 2.45) is 16.8 Å². The molecule has 0 fully saturated rings. The van der Waals surface area contributed by atoms with Gasteiger partial charge >= 0.3 is 0 Å². The molecule has 0 radical (unpaired) electrons. The van der Waals surface area contributed by atoms with Crippen molar-refractivity contribution in [3.8, 4) is 0 Å². The van der Waals surface area contributed by atoms with Crippen LogP contribution in [0.1, 0.15) is 33.6 Å². The van der Waals surface area contributed by atoms with Gasteiger partial charge in [-0.1, -0.05) is 27.2 Å². The van der Waals surface area contributed by atoms with Gasteiger partial charge < -0.3 is 0 Å². The van der Waals surface area contributed by atoms with Crippen LogP contribution in [0.25, 0.3) is 0 Å². The molecule has 1 heterocycles. The number of hydrogen-bond acceptors (Lipinski definition) is 1. The molecule has 0 saturated heterocycles. The first-order valence-corrected chi connectivity index (χ1v) is 5.19. The van der Waals surface area contributed by atoms with Crippen LogP contribution in [0.4, 0.5) is 0 Å². The lowest BCUT2D eigenvalue weighted by atomic mass is 10.0. The van der Waals surface area contributed by atoms with Crippen molar-refractivity contribution >= 4 is 5.71 Å². The van der Waals surface area contributed by atoms with Crippen molar-refractivity contribution in [2.45, 2.75) is 33.6 Å². The minimum absolute atomic E-state index is 0.525. The summed E-state index contributed by atoms with van der Waals surface area (Å²) in [7, 11) is 0. The molecule has 0 aromatic carbocycles. The van der Waals surface area contributed by atoms with Crippen LogP contribution in [-0.4, -0.2) is 12.3 Å². The molecule has 72 valence electrons. The summed E-state index contributed by atoms with van der Waals surface area (Å²) in [6.45, 7) is 7.58. The fraction of sp³-hybridized carbons (Fsp3) is 0.667. The van der Waals surface area contributed by atoms with Crippen LogP contribution in [0.15, 0.2) is 22.9 Å². The third-order valence-corrected chi connectivity index (χ3v) is 2.50. The minimum atomic E-state index is 0.525. The molecule has 1 aliphatic rings. The van der Waals surface area contributed by atoms with Gasteiger partial charge in [-0.2, -0.15) is 0 Å². The molecule has 13 heavy (non-hydrogen) atoms. The molecule has 1 atom stereocenters. The molecule has 0 saturated carbocycles. The fourth-order valence-electron chi connectivity index (χ4n) is 1.38. The number of nitrogens with zero attached hydrogens (tertiary/aromatic N) is 1. The standard InChI is InChI=1S/C12H19N/c1-4-11-7-5-6-8-12(10(2)3)13-9-11/h5,8,10-11H,4,7,9H2,1-3H3. The van der Waals surface area contributed by atoms with E-state index < -0.39 is 0 Å². The third-order valence-electron chi connectivity index (χ3n) is 2.50. The second-order valence-electron chi connectivity index (χ2n) is 3.95. The van der Waals surface area contributed by atoms with Crippen molar-refractivity contribution < 1.29 is 0 Å². The molecule has 1 rings (SSSR count). The molecular weight excluding hydrogens is 158 g/mol. The molecule has 1 heteroatoms. The summed E-state index contributed by atoms with van der Waals surface area (Å²) >= 11 is 0. The lowest BCUT2D eigenvalue weighted by molar-refractivity contribution is 0.528. The van der Waals surface area contributed by atoms with E-state index in [0.717, 1.165) is 18.9 Å². The van der Waals surface area contributed by atoms with Gasteiger partial charge in [-0.15, -0.1) is 5.73 Å². The first kappa shape index (κ1) is 10.3. The van der Waals surface area contributed by atoms with Gasteiger partial charge in [-0.25, -0.2) is 0 Å². The Hall–Kier alpha value is -0.810. The highest BCUT2D eigenvalue weighted by molar-refractivity contribution is 5.96. The third kappa shape index (κ3) is 3.20. The summed E-state index contributed by atoms with van der Waals surface area (Å²) in [4.78, 5) is 4.61. The predicted octanol–water partition coefficient (Wildman–Crippen LogP) is 3.22. The van der Waals surface area contributed by atoms with Crippen molar-refractivity contribution in [3.63, 3.8) is 0 Å². The minimum Gasteiger partial charge on any atom is -0.289 e. The van der Waals surface area contributed by atoms with Gasteiger partial charge in [-0.05, 0) is 24.3 Å². The van der Waals surface area contributed by atoms with Crippen LogP contribution >= 0.6 is 0 Å². The van der Waals surface area contributed by atoms with Gasteiger partial charge in [0.1, 0.15) is 0 Å². The van der Waals surface area contributed by atoms with E-state index in [0.29, 0.717) is 5.92 Å². The zero-order chi connectivity index (χ0) is 9.68. The first-order chi connectivity index (χ1) is 6.24. The van der Waals surface area contributed by atoms with Crippen LogP contribution in [0.2, 0.25) is 0 Å². The Balaban J connectivity index is 2.75. The van der Waals surface area contributed by atoms with Gasteiger partial charge in [0.15, 0.2) is 0 Å². The van der Waals surface area contributed by atoms with E-state index in [4.69, 9.17) is 0 Å². The fourth-order valence-corrected chi connectivity index (χ4v) is 1.38. The molecule has 1 aliphatic heterocycles. The smallest absolute Gasteiger partial charge is 0.0450 e. The van der Waals surface area contributed by atoms with E-state index >= 15 is 0 Å². The summed E-state index contributed by atoms with van der Waals surface area (Å²) in [5.74, 6) is 1.24. The van der Waals surface area contributed by atoms with E-state index in [1.165, 1.54) is 12.1 Å². The van der Waals surface area contributed by atoms with E-state index in [1.54, 1.807) is 0 Å².